The lowest BCUT2D eigenvalue weighted by molar-refractivity contribution is 0.00418. The molecule has 0 fully saturated rings. The second kappa shape index (κ2) is 7.33. The van der Waals surface area contributed by atoms with Gasteiger partial charge < -0.3 is 14.6 Å². The van der Waals surface area contributed by atoms with Crippen molar-refractivity contribution in [1.82, 2.24) is 0 Å². The van der Waals surface area contributed by atoms with Crippen molar-refractivity contribution in [1.29, 1.82) is 0 Å². The number of rotatable bonds is 7. The van der Waals surface area contributed by atoms with Crippen molar-refractivity contribution in [3.63, 3.8) is 0 Å². The second-order valence-corrected chi connectivity index (χ2v) is 4.22. The molecule has 0 saturated heterocycles. The third kappa shape index (κ3) is 5.22. The Balaban J connectivity index is 2.44. The molecular formula is C13H17ClO3. The van der Waals surface area contributed by atoms with Crippen LogP contribution < -0.4 is 4.74 Å². The summed E-state index contributed by atoms with van der Waals surface area (Å²) < 4.78 is 10.6. The molecule has 17 heavy (non-hydrogen) atoms. The Kier molecular flexibility index (Phi) is 6.05. The molecule has 4 heteroatoms. The summed E-state index contributed by atoms with van der Waals surface area (Å²) in [5.41, 5.74) is 1.02. The molecule has 0 amide bonds. The number of hydrogen-bond donors (Lipinski definition) is 1. The Bertz CT molecular complexity index is 348. The smallest absolute Gasteiger partial charge is 0.118 e. The first kappa shape index (κ1) is 14.0. The molecule has 0 bridgehead atoms. The van der Waals surface area contributed by atoms with Crippen LogP contribution in [0.2, 0.25) is 0 Å². The van der Waals surface area contributed by atoms with Gasteiger partial charge in [0.25, 0.3) is 0 Å². The number of benzene rings is 1. The average molecular weight is 257 g/mol. The highest BCUT2D eigenvalue weighted by atomic mass is 35.5. The van der Waals surface area contributed by atoms with E-state index in [4.69, 9.17) is 26.2 Å². The van der Waals surface area contributed by atoms with Crippen LogP contribution in [0.5, 0.6) is 5.75 Å². The van der Waals surface area contributed by atoms with Crippen LogP contribution in [0.3, 0.4) is 0 Å². The minimum absolute atomic E-state index is 0.0676. The lowest BCUT2D eigenvalue weighted by atomic mass is 10.2. The molecule has 1 aromatic rings. The van der Waals surface area contributed by atoms with Gasteiger partial charge in [-0.3, -0.25) is 0 Å². The molecule has 0 spiro atoms. The van der Waals surface area contributed by atoms with Gasteiger partial charge in [0.15, 0.2) is 0 Å². The van der Waals surface area contributed by atoms with Gasteiger partial charge in [0.2, 0.25) is 0 Å². The first-order valence-electron chi connectivity index (χ1n) is 5.34. The summed E-state index contributed by atoms with van der Waals surface area (Å²) in [5.74, 6) is 0.807. The van der Waals surface area contributed by atoms with Gasteiger partial charge in [-0.1, -0.05) is 30.3 Å². The van der Waals surface area contributed by atoms with Gasteiger partial charge in [-0.15, -0.1) is 0 Å². The third-order valence-corrected chi connectivity index (χ3v) is 2.45. The fourth-order valence-electron chi connectivity index (χ4n) is 1.36. The van der Waals surface area contributed by atoms with Crippen LogP contribution in [0.1, 0.15) is 12.0 Å². The summed E-state index contributed by atoms with van der Waals surface area (Å²) in [6.45, 7) is 3.94. The van der Waals surface area contributed by atoms with E-state index in [0.717, 1.165) is 11.3 Å². The monoisotopic (exact) mass is 256 g/mol. The molecule has 0 heterocycles. The highest BCUT2D eigenvalue weighted by molar-refractivity contribution is 6.29. The van der Waals surface area contributed by atoms with Gasteiger partial charge in [0.05, 0.1) is 26.4 Å². The van der Waals surface area contributed by atoms with Gasteiger partial charge in [-0.25, -0.2) is 0 Å². The van der Waals surface area contributed by atoms with E-state index in [0.29, 0.717) is 18.1 Å². The fraction of sp³-hybridized carbons (Fsp3) is 0.385. The highest BCUT2D eigenvalue weighted by Crippen LogP contribution is 2.15. The molecule has 1 rings (SSSR count). The van der Waals surface area contributed by atoms with Gasteiger partial charge in [-0.2, -0.15) is 0 Å². The molecule has 0 aromatic heterocycles. The molecule has 0 saturated carbocycles. The van der Waals surface area contributed by atoms with E-state index < -0.39 is 0 Å². The summed E-state index contributed by atoms with van der Waals surface area (Å²) in [5, 5.41) is 9.58. The Morgan fingerprint density at radius 2 is 2.06 bits per heavy atom. The first-order valence-corrected chi connectivity index (χ1v) is 5.72. The van der Waals surface area contributed by atoms with E-state index in [-0.39, 0.29) is 12.7 Å². The van der Waals surface area contributed by atoms with Crippen LogP contribution in [0.25, 0.3) is 0 Å². The van der Waals surface area contributed by atoms with Crippen LogP contribution in [0.15, 0.2) is 35.9 Å². The molecule has 0 unspecified atom stereocenters. The second-order valence-electron chi connectivity index (χ2n) is 3.69. The standard InChI is InChI=1S/C13H17ClO3/c1-10(14)7-13(8-15)17-9-11-3-5-12(16-2)6-4-11/h3-6,13,15H,1,7-9H2,2H3/t13-/m0/s1. The zero-order valence-electron chi connectivity index (χ0n) is 9.86. The van der Waals surface area contributed by atoms with Crippen LogP contribution >= 0.6 is 11.6 Å². The van der Waals surface area contributed by atoms with Crippen molar-refractivity contribution < 1.29 is 14.6 Å². The predicted molar refractivity (Wildman–Crippen MR) is 68.3 cm³/mol. The van der Waals surface area contributed by atoms with Crippen LogP contribution in [-0.4, -0.2) is 24.9 Å². The Labute approximate surface area is 107 Å². The predicted octanol–water partition coefficient (Wildman–Crippen LogP) is 2.72. The molecule has 1 N–H and O–H groups in total. The summed E-state index contributed by atoms with van der Waals surface area (Å²) in [6.07, 6.45) is 0.149. The number of hydrogen-bond acceptors (Lipinski definition) is 3. The number of ether oxygens (including phenoxy) is 2. The zero-order chi connectivity index (χ0) is 12.7. The third-order valence-electron chi connectivity index (χ3n) is 2.30. The van der Waals surface area contributed by atoms with E-state index in [1.54, 1.807) is 7.11 Å². The topological polar surface area (TPSA) is 38.7 Å². The van der Waals surface area contributed by atoms with Gasteiger partial charge >= 0.3 is 0 Å². The van der Waals surface area contributed by atoms with Gasteiger partial charge in [0, 0.05) is 11.5 Å². The number of halogens is 1. The van der Waals surface area contributed by atoms with Crippen molar-refractivity contribution in [2.45, 2.75) is 19.1 Å². The normalized spacial score (nSPS) is 12.2. The van der Waals surface area contributed by atoms with Gasteiger partial charge in [-0.05, 0) is 17.7 Å². The Morgan fingerprint density at radius 1 is 1.41 bits per heavy atom. The van der Waals surface area contributed by atoms with Crippen LogP contribution in [0, 0.1) is 0 Å². The quantitative estimate of drug-likeness (QED) is 0.815. The van der Waals surface area contributed by atoms with Crippen molar-refractivity contribution in [2.24, 2.45) is 0 Å². The molecule has 1 atom stereocenters. The maximum Gasteiger partial charge on any atom is 0.118 e. The SMILES string of the molecule is C=C(Cl)C[C@@H](CO)OCc1ccc(OC)cc1. The average Bonchev–Trinajstić information content (AvgIpc) is 2.34. The summed E-state index contributed by atoms with van der Waals surface area (Å²) >= 11 is 5.67. The molecule has 0 aliphatic rings. The zero-order valence-corrected chi connectivity index (χ0v) is 10.6. The maximum absolute atomic E-state index is 9.09. The van der Waals surface area contributed by atoms with E-state index in [1.165, 1.54) is 0 Å². The minimum Gasteiger partial charge on any atom is -0.497 e. The molecule has 94 valence electrons. The van der Waals surface area contributed by atoms with Crippen LogP contribution in [-0.2, 0) is 11.3 Å². The molecular weight excluding hydrogens is 240 g/mol. The van der Waals surface area contributed by atoms with Crippen molar-refractivity contribution in [2.75, 3.05) is 13.7 Å². The fourth-order valence-corrected chi connectivity index (χ4v) is 1.53. The minimum atomic E-state index is -0.304. The molecule has 0 aliphatic heterocycles. The number of methoxy groups -OCH3 is 1. The van der Waals surface area contributed by atoms with E-state index in [2.05, 4.69) is 6.58 Å². The Hall–Kier alpha value is -1.03. The van der Waals surface area contributed by atoms with Crippen LogP contribution in [0.4, 0.5) is 0 Å². The largest absolute Gasteiger partial charge is 0.497 e. The maximum atomic E-state index is 9.09. The van der Waals surface area contributed by atoms with E-state index in [9.17, 15) is 0 Å². The molecule has 0 radical (unpaired) electrons. The van der Waals surface area contributed by atoms with Crippen molar-refractivity contribution in [3.8, 4) is 5.75 Å². The summed E-state index contributed by atoms with van der Waals surface area (Å²) in [7, 11) is 1.62. The lowest BCUT2D eigenvalue weighted by Gasteiger charge is -2.14. The Morgan fingerprint density at radius 3 is 2.53 bits per heavy atom. The van der Waals surface area contributed by atoms with Gasteiger partial charge in [0.1, 0.15) is 5.75 Å². The molecule has 0 aliphatic carbocycles. The van der Waals surface area contributed by atoms with E-state index >= 15 is 0 Å². The molecule has 3 nitrogen and oxygen atoms in total. The lowest BCUT2D eigenvalue weighted by Crippen LogP contribution is -2.17. The summed E-state index contributed by atoms with van der Waals surface area (Å²) in [6, 6.07) is 7.58. The number of aliphatic hydroxyl groups is 1. The van der Waals surface area contributed by atoms with Crippen molar-refractivity contribution >= 4 is 11.6 Å². The van der Waals surface area contributed by atoms with Crippen molar-refractivity contribution in [3.05, 3.63) is 41.4 Å². The van der Waals surface area contributed by atoms with E-state index in [1.807, 2.05) is 24.3 Å². The first-order chi connectivity index (χ1) is 8.15. The number of aliphatic hydroxyl groups excluding tert-OH is 1. The summed E-state index contributed by atoms with van der Waals surface area (Å²) in [4.78, 5) is 0. The highest BCUT2D eigenvalue weighted by Gasteiger charge is 2.08. The molecule has 1 aromatic carbocycles.